The van der Waals surface area contributed by atoms with E-state index >= 15 is 0 Å². The molecule has 0 aliphatic carbocycles. The Kier molecular flexibility index (Phi) is 1.01. The fourth-order valence-corrected chi connectivity index (χ4v) is 0.625. The number of nitrogen functional groups attached to an aromatic ring is 1. The van der Waals surface area contributed by atoms with Crippen molar-refractivity contribution in [2.75, 3.05) is 5.73 Å². The van der Waals surface area contributed by atoms with E-state index in [0.717, 1.165) is 0 Å². The van der Waals surface area contributed by atoms with E-state index in [1.54, 1.807) is 0 Å². The van der Waals surface area contributed by atoms with Gasteiger partial charge in [-0.15, -0.1) is 0 Å². The molecule has 48 valence electrons. The Bertz CT molecular complexity index is 235. The van der Waals surface area contributed by atoms with Crippen molar-refractivity contribution >= 4 is 28.9 Å². The molecule has 3 heteroatoms. The minimum Gasteiger partial charge on any atom is -0.397 e. The fourth-order valence-electron chi connectivity index (χ4n) is 0.381. The Morgan fingerprint density at radius 1 is 1.44 bits per heavy atom. The average Bonchev–Trinajstić information content (AvgIpc) is 2.08. The second-order valence-corrected chi connectivity index (χ2v) is 2.17. The van der Waals surface area contributed by atoms with Crippen LogP contribution in [0.3, 0.4) is 0 Å². The smallest absolute Gasteiger partial charge is 0.0661 e. The summed E-state index contributed by atoms with van der Waals surface area (Å²) in [5.41, 5.74) is 5.29. The summed E-state index contributed by atoms with van der Waals surface area (Å²) in [7, 11) is 0. The normalized spacial score (nSPS) is 14.2. The number of hydrogen-bond donors (Lipinski definition) is 1. The minimum absolute atomic E-state index is 0.0531. The molecule has 0 aliphatic heterocycles. The summed E-state index contributed by atoms with van der Waals surface area (Å²) in [6.45, 7) is 0. The lowest BCUT2D eigenvalue weighted by molar-refractivity contribution is 1.68. The number of benzene rings is 1. The maximum absolute atomic E-state index is 7.28. The van der Waals surface area contributed by atoms with E-state index in [1.165, 1.54) is 0 Å². The molecule has 9 heavy (non-hydrogen) atoms. The van der Waals surface area contributed by atoms with Crippen LogP contribution in [0.2, 0.25) is 10.0 Å². The molecular formula is C6H5Cl2N. The molecule has 0 aromatic heterocycles. The summed E-state index contributed by atoms with van der Waals surface area (Å²) in [5.74, 6) is 0. The van der Waals surface area contributed by atoms with Crippen molar-refractivity contribution in [2.45, 2.75) is 0 Å². The third-order valence-corrected chi connectivity index (χ3v) is 1.25. The highest BCUT2D eigenvalue weighted by molar-refractivity contribution is 6.35. The Hall–Kier alpha value is -0.400. The molecule has 1 aromatic rings. The summed E-state index contributed by atoms with van der Waals surface area (Å²) < 4.78 is 21.8. The van der Waals surface area contributed by atoms with E-state index in [4.69, 9.17) is 33.0 Å². The van der Waals surface area contributed by atoms with Gasteiger partial charge < -0.3 is 5.73 Å². The molecule has 0 saturated carbocycles. The number of hydrogen-bond acceptors (Lipinski definition) is 1. The molecule has 0 amide bonds. The lowest BCUT2D eigenvalue weighted by Crippen LogP contribution is -1.83. The molecule has 0 bridgehead atoms. The molecular weight excluding hydrogens is 157 g/mol. The molecule has 0 fully saturated rings. The first kappa shape index (κ1) is 3.69. The quantitative estimate of drug-likeness (QED) is 0.587. The van der Waals surface area contributed by atoms with Crippen LogP contribution in [0.25, 0.3) is 0 Å². The zero-order chi connectivity index (χ0) is 9.46. The number of anilines is 1. The van der Waals surface area contributed by atoms with Crippen LogP contribution in [-0.4, -0.2) is 0 Å². The molecule has 1 aromatic carbocycles. The van der Waals surface area contributed by atoms with Gasteiger partial charge in [-0.3, -0.25) is 0 Å². The summed E-state index contributed by atoms with van der Waals surface area (Å²) in [5, 5.41) is -0.226. The van der Waals surface area contributed by atoms with E-state index in [9.17, 15) is 0 Å². The van der Waals surface area contributed by atoms with Gasteiger partial charge in [-0.25, -0.2) is 0 Å². The van der Waals surface area contributed by atoms with Gasteiger partial charge in [0.15, 0.2) is 0 Å². The van der Waals surface area contributed by atoms with Crippen LogP contribution in [0.5, 0.6) is 0 Å². The third kappa shape index (κ3) is 1.50. The fraction of sp³-hybridized carbons (Fsp3) is 0. The number of rotatable bonds is 0. The van der Waals surface area contributed by atoms with Gasteiger partial charge in [0.05, 0.1) is 14.8 Å². The predicted octanol–water partition coefficient (Wildman–Crippen LogP) is 2.58. The Balaban J connectivity index is 3.60. The second-order valence-electron chi connectivity index (χ2n) is 1.42. The molecule has 0 heterocycles. The van der Waals surface area contributed by atoms with Gasteiger partial charge in [-0.1, -0.05) is 23.2 Å². The van der Waals surface area contributed by atoms with E-state index in [-0.39, 0.29) is 33.9 Å². The van der Waals surface area contributed by atoms with Crippen LogP contribution >= 0.6 is 23.2 Å². The Labute approximate surface area is 67.6 Å². The molecule has 1 nitrogen and oxygen atoms in total. The molecule has 2 N–H and O–H groups in total. The molecule has 1 rings (SSSR count). The lowest BCUT2D eigenvalue weighted by Gasteiger charge is -1.95. The van der Waals surface area contributed by atoms with Crippen molar-refractivity contribution in [1.82, 2.24) is 0 Å². The zero-order valence-corrected chi connectivity index (χ0v) is 5.85. The standard InChI is InChI=1S/C6H5Cl2N/c7-4-1-2-5(8)6(9)3-4/h1-3H,9H2/i1D,2D,3D. The van der Waals surface area contributed by atoms with Crippen LogP contribution in [0.1, 0.15) is 4.11 Å². The molecule has 0 saturated heterocycles. The first-order chi connectivity index (χ1) is 5.46. The predicted molar refractivity (Wildman–Crippen MR) is 40.9 cm³/mol. The van der Waals surface area contributed by atoms with Gasteiger partial charge in [0, 0.05) is 5.02 Å². The molecule has 0 radical (unpaired) electrons. The largest absolute Gasteiger partial charge is 0.397 e. The third-order valence-electron chi connectivity index (χ3n) is 0.763. The highest BCUT2D eigenvalue weighted by Gasteiger charge is 1.93. The van der Waals surface area contributed by atoms with Crippen LogP contribution in [-0.2, 0) is 0 Å². The summed E-state index contributed by atoms with van der Waals surface area (Å²) in [6.07, 6.45) is 0. The summed E-state index contributed by atoms with van der Waals surface area (Å²) in [6, 6.07) is -0.696. The Morgan fingerprint density at radius 2 is 2.11 bits per heavy atom. The van der Waals surface area contributed by atoms with Crippen molar-refractivity contribution in [3.05, 3.63) is 28.2 Å². The van der Waals surface area contributed by atoms with Gasteiger partial charge >= 0.3 is 0 Å². The molecule has 0 atom stereocenters. The highest BCUT2D eigenvalue weighted by atomic mass is 35.5. The first-order valence-electron chi connectivity index (χ1n) is 3.67. The minimum atomic E-state index is -0.263. The van der Waals surface area contributed by atoms with Crippen LogP contribution < -0.4 is 5.73 Å². The van der Waals surface area contributed by atoms with Crippen molar-refractivity contribution < 1.29 is 4.11 Å². The monoisotopic (exact) mass is 164 g/mol. The summed E-state index contributed by atoms with van der Waals surface area (Å²) >= 11 is 11.1. The maximum atomic E-state index is 7.28. The molecule has 0 aliphatic rings. The van der Waals surface area contributed by atoms with E-state index < -0.39 is 0 Å². The van der Waals surface area contributed by atoms with Crippen LogP contribution in [0, 0.1) is 0 Å². The summed E-state index contributed by atoms with van der Waals surface area (Å²) in [4.78, 5) is 0. The van der Waals surface area contributed by atoms with E-state index in [2.05, 4.69) is 0 Å². The lowest BCUT2D eigenvalue weighted by atomic mass is 10.3. The SMILES string of the molecule is [2H]c1c([2H])c(Cl)c(N)c([2H])c1Cl. The second kappa shape index (κ2) is 2.46. The van der Waals surface area contributed by atoms with Crippen molar-refractivity contribution in [3.8, 4) is 0 Å². The van der Waals surface area contributed by atoms with Crippen molar-refractivity contribution in [1.29, 1.82) is 0 Å². The zero-order valence-electron chi connectivity index (χ0n) is 7.33. The van der Waals surface area contributed by atoms with Gasteiger partial charge in [0.1, 0.15) is 0 Å². The van der Waals surface area contributed by atoms with E-state index in [1.807, 2.05) is 0 Å². The van der Waals surface area contributed by atoms with Gasteiger partial charge in [-0.05, 0) is 18.1 Å². The van der Waals surface area contributed by atoms with Gasteiger partial charge in [0.25, 0.3) is 0 Å². The topological polar surface area (TPSA) is 26.0 Å². The maximum Gasteiger partial charge on any atom is 0.0661 e. The highest BCUT2D eigenvalue weighted by Crippen LogP contribution is 2.21. The van der Waals surface area contributed by atoms with Crippen LogP contribution in [0.4, 0.5) is 5.69 Å². The van der Waals surface area contributed by atoms with Gasteiger partial charge in [0.2, 0.25) is 0 Å². The van der Waals surface area contributed by atoms with Crippen LogP contribution in [0.15, 0.2) is 18.1 Å². The molecule has 0 spiro atoms. The number of nitrogens with two attached hydrogens (primary N) is 1. The Morgan fingerprint density at radius 3 is 2.78 bits per heavy atom. The van der Waals surface area contributed by atoms with Crippen molar-refractivity contribution in [2.24, 2.45) is 0 Å². The number of halogens is 2. The van der Waals surface area contributed by atoms with Crippen molar-refractivity contribution in [3.63, 3.8) is 0 Å². The first-order valence-corrected chi connectivity index (χ1v) is 2.92. The van der Waals surface area contributed by atoms with Gasteiger partial charge in [-0.2, -0.15) is 0 Å². The molecule has 0 unspecified atom stereocenters. The average molecular weight is 165 g/mol. The van der Waals surface area contributed by atoms with E-state index in [0.29, 0.717) is 0 Å².